The van der Waals surface area contributed by atoms with Crippen LogP contribution in [-0.4, -0.2) is 25.2 Å². The van der Waals surface area contributed by atoms with Crippen molar-refractivity contribution in [2.75, 3.05) is 13.2 Å². The normalized spacial score (nSPS) is 11.0. The summed E-state index contributed by atoms with van der Waals surface area (Å²) in [5, 5.41) is 8.47. The first-order chi connectivity index (χ1) is 20.5. The van der Waals surface area contributed by atoms with Crippen LogP contribution in [0.2, 0.25) is 0 Å². The molecule has 0 N–H and O–H groups in total. The summed E-state index contributed by atoms with van der Waals surface area (Å²) >= 11 is 0. The maximum absolute atomic E-state index is 12.7. The van der Waals surface area contributed by atoms with Gasteiger partial charge in [-0.15, -0.1) is 0 Å². The van der Waals surface area contributed by atoms with Crippen molar-refractivity contribution in [3.05, 3.63) is 83.4 Å². The zero-order chi connectivity index (χ0) is 30.0. The van der Waals surface area contributed by atoms with Gasteiger partial charge in [-0.3, -0.25) is 0 Å². The Hall–Kier alpha value is -4.00. The van der Waals surface area contributed by atoms with E-state index in [2.05, 4.69) is 17.2 Å². The average Bonchev–Trinajstić information content (AvgIpc) is 3.00. The lowest BCUT2D eigenvalue weighted by atomic mass is 10.1. The van der Waals surface area contributed by atoms with Gasteiger partial charge in [-0.1, -0.05) is 64.7 Å². The number of rotatable bonds is 18. The number of benzene rings is 3. The van der Waals surface area contributed by atoms with Gasteiger partial charge in [0.15, 0.2) is 0 Å². The lowest BCUT2D eigenvalue weighted by molar-refractivity contribution is 0.0526. The van der Waals surface area contributed by atoms with E-state index in [9.17, 15) is 9.59 Å². The zero-order valence-electron chi connectivity index (χ0n) is 25.3. The van der Waals surface area contributed by atoms with Crippen LogP contribution in [0.3, 0.4) is 0 Å². The summed E-state index contributed by atoms with van der Waals surface area (Å²) in [5.41, 5.74) is 2.90. The minimum Gasteiger partial charge on any atom is -0.494 e. The monoisotopic (exact) mass is 572 g/mol. The topological polar surface area (TPSA) is 86.5 Å². The number of hydrogen-bond donors (Lipinski definition) is 0. The summed E-state index contributed by atoms with van der Waals surface area (Å²) in [6, 6.07) is 19.0. The van der Waals surface area contributed by atoms with Crippen molar-refractivity contribution in [1.29, 1.82) is 0 Å². The van der Waals surface area contributed by atoms with Gasteiger partial charge in [0.05, 0.1) is 35.7 Å². The maximum Gasteiger partial charge on any atom is 0.343 e. The lowest BCUT2D eigenvalue weighted by Gasteiger charge is -2.09. The van der Waals surface area contributed by atoms with Crippen LogP contribution in [0.4, 0.5) is 11.4 Å². The summed E-state index contributed by atoms with van der Waals surface area (Å²) in [7, 11) is 0. The van der Waals surface area contributed by atoms with E-state index in [0.29, 0.717) is 41.5 Å². The third-order valence-electron chi connectivity index (χ3n) is 6.88. The fraction of sp³-hybridized carbons (Fsp3) is 0.429. The molecule has 7 heteroatoms. The second-order valence-electron chi connectivity index (χ2n) is 10.4. The highest BCUT2D eigenvalue weighted by atomic mass is 16.5. The molecule has 0 atom stereocenters. The lowest BCUT2D eigenvalue weighted by Crippen LogP contribution is -2.09. The van der Waals surface area contributed by atoms with Gasteiger partial charge >= 0.3 is 11.9 Å². The Morgan fingerprint density at radius 1 is 0.643 bits per heavy atom. The highest BCUT2D eigenvalue weighted by molar-refractivity contribution is 5.91. The van der Waals surface area contributed by atoms with E-state index < -0.39 is 5.97 Å². The van der Waals surface area contributed by atoms with Crippen LogP contribution < -0.4 is 9.47 Å². The Morgan fingerprint density at radius 2 is 1.19 bits per heavy atom. The number of hydrogen-bond acceptors (Lipinski definition) is 7. The quantitative estimate of drug-likeness (QED) is 0.0655. The number of aryl methyl sites for hydroxylation is 1. The highest BCUT2D eigenvalue weighted by Gasteiger charge is 2.11. The van der Waals surface area contributed by atoms with Gasteiger partial charge in [-0.25, -0.2) is 9.59 Å². The molecule has 0 bridgehead atoms. The number of azo groups is 1. The number of ether oxygens (including phenoxy) is 3. The fourth-order valence-electron chi connectivity index (χ4n) is 4.43. The average molecular weight is 573 g/mol. The minimum absolute atomic E-state index is 0.325. The molecule has 0 spiro atoms. The molecule has 0 heterocycles. The summed E-state index contributed by atoms with van der Waals surface area (Å²) in [6.45, 7) is 6.87. The predicted octanol–water partition coefficient (Wildman–Crippen LogP) is 10.1. The third-order valence-corrected chi connectivity index (χ3v) is 6.88. The third kappa shape index (κ3) is 11.5. The van der Waals surface area contributed by atoms with Gasteiger partial charge in [0.1, 0.15) is 11.5 Å². The van der Waals surface area contributed by atoms with Crippen LogP contribution >= 0.6 is 0 Å². The molecule has 3 rings (SSSR count). The van der Waals surface area contributed by atoms with E-state index in [-0.39, 0.29) is 5.97 Å². The van der Waals surface area contributed by atoms with Crippen LogP contribution in [0.5, 0.6) is 11.5 Å². The van der Waals surface area contributed by atoms with Gasteiger partial charge in [-0.2, -0.15) is 10.2 Å². The Morgan fingerprint density at radius 3 is 1.81 bits per heavy atom. The van der Waals surface area contributed by atoms with Crippen molar-refractivity contribution in [3.63, 3.8) is 0 Å². The summed E-state index contributed by atoms with van der Waals surface area (Å²) in [4.78, 5) is 24.5. The van der Waals surface area contributed by atoms with E-state index in [1.54, 1.807) is 61.5 Å². The summed E-state index contributed by atoms with van der Waals surface area (Å²) < 4.78 is 16.5. The van der Waals surface area contributed by atoms with E-state index in [4.69, 9.17) is 14.2 Å². The summed E-state index contributed by atoms with van der Waals surface area (Å²) in [5.74, 6) is 0.406. The molecule has 224 valence electrons. The molecule has 0 saturated heterocycles. The number of esters is 2. The van der Waals surface area contributed by atoms with E-state index in [1.807, 2.05) is 19.1 Å². The molecule has 3 aromatic rings. The van der Waals surface area contributed by atoms with Gasteiger partial charge < -0.3 is 14.2 Å². The molecule has 7 nitrogen and oxygen atoms in total. The van der Waals surface area contributed by atoms with Crippen LogP contribution in [0.15, 0.2) is 77.0 Å². The molecule has 0 saturated carbocycles. The molecule has 42 heavy (non-hydrogen) atoms. The molecular formula is C35H44N2O5. The number of carbonyl (C=O) groups is 2. The molecule has 0 amide bonds. The first-order valence-corrected chi connectivity index (χ1v) is 15.2. The van der Waals surface area contributed by atoms with Gasteiger partial charge in [0, 0.05) is 0 Å². The molecular weight excluding hydrogens is 528 g/mol. The van der Waals surface area contributed by atoms with Gasteiger partial charge in [0.25, 0.3) is 0 Å². The first-order valence-electron chi connectivity index (χ1n) is 15.2. The van der Waals surface area contributed by atoms with Crippen molar-refractivity contribution < 1.29 is 23.8 Å². The molecule has 0 aliphatic carbocycles. The molecule has 0 aliphatic rings. The molecule has 0 unspecified atom stereocenters. The molecule has 0 aliphatic heterocycles. The maximum atomic E-state index is 12.7. The minimum atomic E-state index is -0.435. The van der Waals surface area contributed by atoms with Crippen molar-refractivity contribution in [1.82, 2.24) is 0 Å². The SMILES string of the molecule is CCCCCCCCCCCCOc1ccc(C(=O)Oc2ccc(N=Nc3ccc(C(=O)OCC)cc3)cc2C)cc1. The van der Waals surface area contributed by atoms with Gasteiger partial charge in [-0.05, 0) is 92.6 Å². The molecule has 0 fully saturated rings. The van der Waals surface area contributed by atoms with E-state index in [1.165, 1.54) is 57.8 Å². The Bertz CT molecular complexity index is 1270. The zero-order valence-corrected chi connectivity index (χ0v) is 25.3. The summed E-state index contributed by atoms with van der Waals surface area (Å²) in [6.07, 6.45) is 12.9. The second kappa shape index (κ2) is 18.4. The van der Waals surface area contributed by atoms with Crippen LogP contribution in [0.1, 0.15) is 104 Å². The molecule has 0 aromatic heterocycles. The van der Waals surface area contributed by atoms with Crippen LogP contribution in [0.25, 0.3) is 0 Å². The van der Waals surface area contributed by atoms with Crippen LogP contribution in [-0.2, 0) is 4.74 Å². The first kappa shape index (κ1) is 32.5. The molecule has 3 aromatic carbocycles. The van der Waals surface area contributed by atoms with E-state index in [0.717, 1.165) is 17.7 Å². The highest BCUT2D eigenvalue weighted by Crippen LogP contribution is 2.27. The Labute approximate surface area is 250 Å². The number of nitrogens with zero attached hydrogens (tertiary/aromatic N) is 2. The Kier molecular flexibility index (Phi) is 14.3. The Balaban J connectivity index is 1.39. The van der Waals surface area contributed by atoms with Crippen molar-refractivity contribution in [3.8, 4) is 11.5 Å². The van der Waals surface area contributed by atoms with Crippen molar-refractivity contribution in [2.24, 2.45) is 10.2 Å². The van der Waals surface area contributed by atoms with Crippen molar-refractivity contribution >= 4 is 23.3 Å². The van der Waals surface area contributed by atoms with Crippen molar-refractivity contribution in [2.45, 2.75) is 85.0 Å². The number of unbranched alkanes of at least 4 members (excludes halogenated alkanes) is 9. The standard InChI is InChI=1S/C35H44N2O5/c1-4-6-7-8-9-10-11-12-13-14-25-41-32-22-17-29(18-23-32)35(39)42-33-24-21-31(26-27(33)3)37-36-30-19-15-28(16-20-30)34(38)40-5-2/h15-24,26H,4-14,25H2,1-3H3. The predicted molar refractivity (Wildman–Crippen MR) is 166 cm³/mol. The second-order valence-corrected chi connectivity index (χ2v) is 10.4. The largest absolute Gasteiger partial charge is 0.494 e. The van der Waals surface area contributed by atoms with E-state index >= 15 is 0 Å². The number of carbonyl (C=O) groups excluding carboxylic acids is 2. The smallest absolute Gasteiger partial charge is 0.343 e. The van der Waals surface area contributed by atoms with Gasteiger partial charge in [0.2, 0.25) is 0 Å². The fourth-order valence-corrected chi connectivity index (χ4v) is 4.43. The van der Waals surface area contributed by atoms with Crippen LogP contribution in [0, 0.1) is 6.92 Å². The molecule has 0 radical (unpaired) electrons.